The van der Waals surface area contributed by atoms with E-state index in [0.29, 0.717) is 5.56 Å². The summed E-state index contributed by atoms with van der Waals surface area (Å²) in [7, 11) is 0. The zero-order chi connectivity index (χ0) is 13.1. The fourth-order valence-corrected chi connectivity index (χ4v) is 1.79. The fourth-order valence-electron chi connectivity index (χ4n) is 1.79. The highest BCUT2D eigenvalue weighted by Crippen LogP contribution is 2.21. The number of hydrogen-bond donors (Lipinski definition) is 3. The molecule has 0 saturated heterocycles. The van der Waals surface area contributed by atoms with Crippen molar-refractivity contribution >= 4 is 28.6 Å². The second-order valence-corrected chi connectivity index (χ2v) is 3.93. The Bertz CT molecular complexity index is 659. The number of fused-ring (bicyclic) bond motifs is 1. The molecule has 2 aromatic rings. The van der Waals surface area contributed by atoms with Crippen LogP contribution in [-0.4, -0.2) is 11.7 Å². The summed E-state index contributed by atoms with van der Waals surface area (Å²) in [6.07, 6.45) is 3.01. The van der Waals surface area contributed by atoms with Crippen molar-refractivity contribution < 1.29 is 4.79 Å². The Labute approximate surface area is 104 Å². The Morgan fingerprint density at radius 2 is 1.94 bits per heavy atom. The predicted molar refractivity (Wildman–Crippen MR) is 73.2 cm³/mol. The molecular formula is C14H13N3O. The van der Waals surface area contributed by atoms with Gasteiger partial charge in [0.25, 0.3) is 0 Å². The van der Waals surface area contributed by atoms with Gasteiger partial charge in [0.2, 0.25) is 5.91 Å². The molecule has 1 amide bonds. The molecule has 4 nitrogen and oxygen atoms in total. The largest absolute Gasteiger partial charge is 0.384 e. The number of amides is 1. The molecule has 0 aliphatic carbocycles. The van der Waals surface area contributed by atoms with E-state index in [2.05, 4.69) is 0 Å². The summed E-state index contributed by atoms with van der Waals surface area (Å²) in [5.41, 5.74) is 12.1. The van der Waals surface area contributed by atoms with E-state index in [1.807, 2.05) is 30.3 Å². The number of benzene rings is 2. The summed E-state index contributed by atoms with van der Waals surface area (Å²) in [4.78, 5) is 10.7. The van der Waals surface area contributed by atoms with Gasteiger partial charge in [-0.25, -0.2) is 0 Å². The topological polar surface area (TPSA) is 93.0 Å². The third kappa shape index (κ3) is 2.38. The molecule has 2 aromatic carbocycles. The summed E-state index contributed by atoms with van der Waals surface area (Å²) < 4.78 is 0. The molecule has 0 atom stereocenters. The molecule has 2 rings (SSSR count). The van der Waals surface area contributed by atoms with Gasteiger partial charge in [0.1, 0.15) is 5.84 Å². The highest BCUT2D eigenvalue weighted by atomic mass is 16.1. The van der Waals surface area contributed by atoms with Gasteiger partial charge in [-0.2, -0.15) is 0 Å². The van der Waals surface area contributed by atoms with Gasteiger partial charge < -0.3 is 11.5 Å². The number of amidine groups is 1. The third-order valence-corrected chi connectivity index (χ3v) is 2.65. The van der Waals surface area contributed by atoms with Crippen molar-refractivity contribution in [2.45, 2.75) is 0 Å². The molecule has 0 aliphatic rings. The van der Waals surface area contributed by atoms with Crippen molar-refractivity contribution in [3.05, 3.63) is 53.6 Å². The number of nitrogen functional groups attached to an aromatic ring is 1. The van der Waals surface area contributed by atoms with Gasteiger partial charge in [0, 0.05) is 11.6 Å². The summed E-state index contributed by atoms with van der Waals surface area (Å²) in [5, 5.41) is 9.36. The maximum absolute atomic E-state index is 10.7. The fraction of sp³-hybridized carbons (Fsp3) is 0. The van der Waals surface area contributed by atoms with Crippen LogP contribution < -0.4 is 11.5 Å². The summed E-state index contributed by atoms with van der Waals surface area (Å²) in [6.45, 7) is 0. The van der Waals surface area contributed by atoms with Crippen molar-refractivity contribution in [1.82, 2.24) is 0 Å². The molecule has 4 heteroatoms. The van der Waals surface area contributed by atoms with Crippen LogP contribution in [0.1, 0.15) is 11.1 Å². The lowest BCUT2D eigenvalue weighted by Crippen LogP contribution is -2.10. The lowest BCUT2D eigenvalue weighted by molar-refractivity contribution is -0.113. The first-order valence-electron chi connectivity index (χ1n) is 5.42. The molecule has 0 saturated carbocycles. The second kappa shape index (κ2) is 4.71. The molecule has 90 valence electrons. The first-order valence-corrected chi connectivity index (χ1v) is 5.42. The van der Waals surface area contributed by atoms with Crippen LogP contribution in [-0.2, 0) is 4.79 Å². The Morgan fingerprint density at radius 3 is 2.61 bits per heavy atom. The Kier molecular flexibility index (Phi) is 3.10. The number of nitrogens with one attached hydrogen (secondary N) is 1. The van der Waals surface area contributed by atoms with Crippen LogP contribution >= 0.6 is 0 Å². The molecular weight excluding hydrogens is 226 g/mol. The number of carbonyl (C=O) groups excluding carboxylic acids is 1. The SMILES string of the molecule is N=C(N)c1ccc2c(/C=C/C(N)=O)cccc2c1. The third-order valence-electron chi connectivity index (χ3n) is 2.65. The van der Waals surface area contributed by atoms with E-state index < -0.39 is 5.91 Å². The Morgan fingerprint density at radius 1 is 1.17 bits per heavy atom. The van der Waals surface area contributed by atoms with Crippen molar-refractivity contribution in [1.29, 1.82) is 5.41 Å². The molecule has 0 bridgehead atoms. The molecule has 0 aromatic heterocycles. The Balaban J connectivity index is 2.57. The van der Waals surface area contributed by atoms with E-state index in [4.69, 9.17) is 16.9 Å². The van der Waals surface area contributed by atoms with Crippen molar-refractivity contribution in [2.24, 2.45) is 11.5 Å². The maximum atomic E-state index is 10.7. The number of hydrogen-bond acceptors (Lipinski definition) is 2. The number of carbonyl (C=O) groups is 1. The molecule has 0 unspecified atom stereocenters. The second-order valence-electron chi connectivity index (χ2n) is 3.93. The van der Waals surface area contributed by atoms with Crippen LogP contribution in [0.2, 0.25) is 0 Å². The zero-order valence-corrected chi connectivity index (χ0v) is 9.68. The Hall–Kier alpha value is -2.62. The van der Waals surface area contributed by atoms with Gasteiger partial charge in [0.05, 0.1) is 0 Å². The van der Waals surface area contributed by atoms with Crippen LogP contribution in [0.3, 0.4) is 0 Å². The van der Waals surface area contributed by atoms with E-state index in [0.717, 1.165) is 16.3 Å². The first-order chi connectivity index (χ1) is 8.58. The molecule has 0 spiro atoms. The number of rotatable bonds is 3. The van der Waals surface area contributed by atoms with Gasteiger partial charge in [-0.15, -0.1) is 0 Å². The van der Waals surface area contributed by atoms with Crippen LogP contribution in [0, 0.1) is 5.41 Å². The highest BCUT2D eigenvalue weighted by Gasteiger charge is 2.01. The number of nitrogens with two attached hydrogens (primary N) is 2. The van der Waals surface area contributed by atoms with Gasteiger partial charge >= 0.3 is 0 Å². The number of primary amides is 1. The summed E-state index contributed by atoms with van der Waals surface area (Å²) >= 11 is 0. The maximum Gasteiger partial charge on any atom is 0.241 e. The van der Waals surface area contributed by atoms with Gasteiger partial charge in [-0.05, 0) is 28.5 Å². The average Bonchev–Trinajstić information content (AvgIpc) is 2.35. The van der Waals surface area contributed by atoms with E-state index >= 15 is 0 Å². The first kappa shape index (κ1) is 11.9. The highest BCUT2D eigenvalue weighted by molar-refractivity contribution is 6.01. The van der Waals surface area contributed by atoms with E-state index in [9.17, 15) is 4.79 Å². The normalized spacial score (nSPS) is 10.9. The molecule has 0 radical (unpaired) electrons. The van der Waals surface area contributed by atoms with Gasteiger partial charge in [0.15, 0.2) is 0 Å². The van der Waals surface area contributed by atoms with Crippen LogP contribution in [0.25, 0.3) is 16.8 Å². The quantitative estimate of drug-likeness (QED) is 0.431. The lowest BCUT2D eigenvalue weighted by atomic mass is 10.0. The molecule has 0 aliphatic heterocycles. The van der Waals surface area contributed by atoms with Gasteiger partial charge in [-0.3, -0.25) is 10.2 Å². The minimum Gasteiger partial charge on any atom is -0.384 e. The van der Waals surface area contributed by atoms with Gasteiger partial charge in [-0.1, -0.05) is 30.3 Å². The molecule has 0 fully saturated rings. The minimum atomic E-state index is -0.479. The van der Waals surface area contributed by atoms with E-state index in [-0.39, 0.29) is 5.84 Å². The van der Waals surface area contributed by atoms with Crippen molar-refractivity contribution in [2.75, 3.05) is 0 Å². The minimum absolute atomic E-state index is 0.0370. The van der Waals surface area contributed by atoms with Crippen LogP contribution in [0.15, 0.2) is 42.5 Å². The van der Waals surface area contributed by atoms with Crippen LogP contribution in [0.4, 0.5) is 0 Å². The van der Waals surface area contributed by atoms with Crippen molar-refractivity contribution in [3.8, 4) is 0 Å². The lowest BCUT2D eigenvalue weighted by Gasteiger charge is -2.04. The van der Waals surface area contributed by atoms with E-state index in [1.165, 1.54) is 6.08 Å². The standard InChI is InChI=1S/C14H13N3O/c15-13(18)7-5-9-2-1-3-10-8-11(14(16)17)4-6-12(9)10/h1-8H,(H2,15,18)(H3,16,17)/b7-5+. The summed E-state index contributed by atoms with van der Waals surface area (Å²) in [6, 6.07) is 11.2. The predicted octanol–water partition coefficient (Wildman–Crippen LogP) is 1.62. The smallest absolute Gasteiger partial charge is 0.241 e. The zero-order valence-electron chi connectivity index (χ0n) is 9.68. The summed E-state index contributed by atoms with van der Waals surface area (Å²) in [5.74, 6) is -0.442. The monoisotopic (exact) mass is 239 g/mol. The van der Waals surface area contributed by atoms with E-state index in [1.54, 1.807) is 12.1 Å². The molecule has 5 N–H and O–H groups in total. The molecule has 18 heavy (non-hydrogen) atoms. The average molecular weight is 239 g/mol. The van der Waals surface area contributed by atoms with Crippen molar-refractivity contribution in [3.63, 3.8) is 0 Å². The van der Waals surface area contributed by atoms with Crippen LogP contribution in [0.5, 0.6) is 0 Å². The molecule has 0 heterocycles.